The molecule has 2 rings (SSSR count). The third kappa shape index (κ3) is 10.8. The van der Waals surface area contributed by atoms with Crippen LogP contribution in [0.4, 0.5) is 0 Å². The number of hydrogen-bond acceptors (Lipinski definition) is 9. The maximum absolute atomic E-state index is 13.3. The van der Waals surface area contributed by atoms with E-state index in [0.717, 1.165) is 0 Å². The van der Waals surface area contributed by atoms with Gasteiger partial charge in [0.1, 0.15) is 18.1 Å². The molecular weight excluding hydrogens is 530 g/mol. The van der Waals surface area contributed by atoms with Gasteiger partial charge in [0, 0.05) is 43.2 Å². The number of imidazole rings is 2. The van der Waals surface area contributed by atoms with Crippen molar-refractivity contribution in [1.82, 2.24) is 35.9 Å². The number of hydrogen-bond donors (Lipinski definition) is 10. The molecule has 0 saturated carbocycles. The highest BCUT2D eigenvalue weighted by atomic mass is 16.4. The van der Waals surface area contributed by atoms with Gasteiger partial charge in [-0.05, 0) is 12.8 Å². The first-order valence-electron chi connectivity index (χ1n) is 12.1. The first-order valence-corrected chi connectivity index (χ1v) is 12.1. The number of aliphatic imine (C=N–C) groups is 1. The van der Waals surface area contributed by atoms with E-state index in [4.69, 9.17) is 22.3 Å². The molecule has 218 valence electrons. The van der Waals surface area contributed by atoms with E-state index in [2.05, 4.69) is 40.9 Å². The van der Waals surface area contributed by atoms with Crippen molar-refractivity contribution in [2.45, 2.75) is 56.3 Å². The Bertz CT molecular complexity index is 1160. The van der Waals surface area contributed by atoms with E-state index >= 15 is 0 Å². The van der Waals surface area contributed by atoms with Crippen LogP contribution in [0, 0.1) is 0 Å². The molecule has 0 aliphatic carbocycles. The van der Waals surface area contributed by atoms with Crippen LogP contribution < -0.4 is 33.2 Å². The molecule has 0 spiro atoms. The predicted octanol–water partition coefficient (Wildman–Crippen LogP) is -3.69. The Balaban J connectivity index is 2.21. The molecule has 0 radical (unpaired) electrons. The van der Waals surface area contributed by atoms with Crippen molar-refractivity contribution in [3.8, 4) is 0 Å². The summed E-state index contributed by atoms with van der Waals surface area (Å²) in [6.45, 7) is 0.122. The van der Waals surface area contributed by atoms with E-state index in [0.29, 0.717) is 11.4 Å². The number of nitrogens with one attached hydrogen (secondary N) is 5. The molecule has 18 heteroatoms. The minimum atomic E-state index is -1.44. The maximum atomic E-state index is 13.3. The SMILES string of the molecule is NC(N)=NCCCC(NC(=O)C(Cc1cnc[nH]1)NC(=O)C(N)CC(=O)O)C(=O)NC(Cc1cnc[nH]1)C(=O)O. The second-order valence-electron chi connectivity index (χ2n) is 8.74. The van der Waals surface area contributed by atoms with Gasteiger partial charge < -0.3 is 53.3 Å². The highest BCUT2D eigenvalue weighted by Gasteiger charge is 2.31. The van der Waals surface area contributed by atoms with Gasteiger partial charge in [-0.15, -0.1) is 0 Å². The highest BCUT2D eigenvalue weighted by molar-refractivity contribution is 5.94. The van der Waals surface area contributed by atoms with Gasteiger partial charge in [0.2, 0.25) is 17.7 Å². The van der Waals surface area contributed by atoms with Crippen LogP contribution in [0.25, 0.3) is 0 Å². The van der Waals surface area contributed by atoms with Crippen LogP contribution in [-0.4, -0.2) is 96.5 Å². The molecule has 18 nitrogen and oxygen atoms in total. The Morgan fingerprint density at radius 1 is 0.850 bits per heavy atom. The fourth-order valence-electron chi connectivity index (χ4n) is 3.52. The van der Waals surface area contributed by atoms with Crippen molar-refractivity contribution in [3.63, 3.8) is 0 Å². The molecule has 2 aromatic heterocycles. The van der Waals surface area contributed by atoms with Crippen LogP contribution in [0.3, 0.4) is 0 Å². The molecule has 3 amide bonds. The van der Waals surface area contributed by atoms with Crippen molar-refractivity contribution < 1.29 is 34.2 Å². The Morgan fingerprint density at radius 3 is 1.88 bits per heavy atom. The molecule has 0 aliphatic rings. The molecule has 4 unspecified atom stereocenters. The Morgan fingerprint density at radius 2 is 1.38 bits per heavy atom. The molecule has 0 fully saturated rings. The number of carboxylic acids is 2. The fourth-order valence-corrected chi connectivity index (χ4v) is 3.52. The van der Waals surface area contributed by atoms with Gasteiger partial charge in [0.05, 0.1) is 25.1 Å². The van der Waals surface area contributed by atoms with Gasteiger partial charge in [0.15, 0.2) is 5.96 Å². The Hall–Kier alpha value is -5.00. The lowest BCUT2D eigenvalue weighted by molar-refractivity contribution is -0.142. The van der Waals surface area contributed by atoms with E-state index in [1.807, 2.05) is 0 Å². The summed E-state index contributed by atoms with van der Waals surface area (Å²) in [5.74, 6) is -5.31. The summed E-state index contributed by atoms with van der Waals surface area (Å²) in [5.41, 5.74) is 17.2. The zero-order chi connectivity index (χ0) is 29.7. The number of carboxylic acid groups (broad SMARTS) is 2. The largest absolute Gasteiger partial charge is 0.481 e. The summed E-state index contributed by atoms with van der Waals surface area (Å²) >= 11 is 0. The van der Waals surface area contributed by atoms with Crippen molar-refractivity contribution >= 4 is 35.6 Å². The second-order valence-corrected chi connectivity index (χ2v) is 8.74. The van der Waals surface area contributed by atoms with E-state index in [-0.39, 0.29) is 38.2 Å². The van der Waals surface area contributed by atoms with Crippen LogP contribution >= 0.6 is 0 Å². The number of carbonyl (C=O) groups is 5. The summed E-state index contributed by atoms with van der Waals surface area (Å²) in [6.07, 6.45) is 4.90. The molecule has 13 N–H and O–H groups in total. The summed E-state index contributed by atoms with van der Waals surface area (Å²) in [7, 11) is 0. The monoisotopic (exact) mass is 563 g/mol. The van der Waals surface area contributed by atoms with Crippen LogP contribution in [0.1, 0.15) is 30.7 Å². The number of carbonyl (C=O) groups excluding carboxylic acids is 3. The quantitative estimate of drug-likeness (QED) is 0.0505. The number of amides is 3. The van der Waals surface area contributed by atoms with Crippen LogP contribution in [0.5, 0.6) is 0 Å². The molecule has 0 bridgehead atoms. The molecule has 40 heavy (non-hydrogen) atoms. The lowest BCUT2D eigenvalue weighted by atomic mass is 10.1. The summed E-state index contributed by atoms with van der Waals surface area (Å²) < 4.78 is 0. The standard InChI is InChI=1S/C22H33N11O7/c23-13(6-17(34)35)18(36)32-15(4-11-7-26-9-29-11)20(38)31-14(2-1-3-28-22(24)25)19(37)33-16(21(39)40)5-12-8-27-10-30-12/h7-10,13-16H,1-6,23H2,(H,26,29)(H,27,30)(H,31,38)(H,32,36)(H,33,37)(H,34,35)(H,39,40)(H4,24,25,28). The van der Waals surface area contributed by atoms with E-state index in [9.17, 15) is 29.1 Å². The zero-order valence-electron chi connectivity index (χ0n) is 21.4. The normalized spacial score (nSPS) is 13.7. The fraction of sp³-hybridized carbons (Fsp3) is 0.455. The van der Waals surface area contributed by atoms with Gasteiger partial charge in [-0.1, -0.05) is 0 Å². The van der Waals surface area contributed by atoms with E-state index < -0.39 is 60.2 Å². The smallest absolute Gasteiger partial charge is 0.326 e. The summed E-state index contributed by atoms with van der Waals surface area (Å²) in [6, 6.07) is -5.33. The molecular formula is C22H33N11O7. The molecule has 0 aromatic carbocycles. The molecule has 0 aliphatic heterocycles. The van der Waals surface area contributed by atoms with Gasteiger partial charge in [-0.2, -0.15) is 0 Å². The average molecular weight is 564 g/mol. The number of guanidine groups is 1. The molecule has 2 aromatic rings. The highest BCUT2D eigenvalue weighted by Crippen LogP contribution is 2.06. The third-order valence-corrected chi connectivity index (χ3v) is 5.51. The zero-order valence-corrected chi connectivity index (χ0v) is 21.4. The minimum Gasteiger partial charge on any atom is -0.481 e. The minimum absolute atomic E-state index is 0.00794. The van der Waals surface area contributed by atoms with Crippen molar-refractivity contribution in [1.29, 1.82) is 0 Å². The number of rotatable bonds is 17. The number of aromatic amines is 2. The maximum Gasteiger partial charge on any atom is 0.326 e. The number of nitrogens with two attached hydrogens (primary N) is 3. The predicted molar refractivity (Wildman–Crippen MR) is 138 cm³/mol. The number of H-pyrrole nitrogens is 2. The lowest BCUT2D eigenvalue weighted by Crippen LogP contribution is -2.58. The summed E-state index contributed by atoms with van der Waals surface area (Å²) in [5, 5.41) is 25.9. The van der Waals surface area contributed by atoms with Gasteiger partial charge in [-0.25, -0.2) is 14.8 Å². The van der Waals surface area contributed by atoms with Crippen molar-refractivity contribution in [2.24, 2.45) is 22.2 Å². The number of aliphatic carboxylic acids is 2. The van der Waals surface area contributed by atoms with E-state index in [1.165, 1.54) is 25.0 Å². The third-order valence-electron chi connectivity index (χ3n) is 5.51. The molecule has 4 atom stereocenters. The van der Waals surface area contributed by atoms with Gasteiger partial charge >= 0.3 is 11.9 Å². The van der Waals surface area contributed by atoms with Crippen LogP contribution in [0.2, 0.25) is 0 Å². The number of aromatic nitrogens is 4. The van der Waals surface area contributed by atoms with Crippen molar-refractivity contribution in [3.05, 3.63) is 36.4 Å². The lowest BCUT2D eigenvalue weighted by Gasteiger charge is -2.25. The molecule has 2 heterocycles. The Labute approximate surface area is 227 Å². The first kappa shape index (κ1) is 31.2. The van der Waals surface area contributed by atoms with E-state index in [1.54, 1.807) is 0 Å². The summed E-state index contributed by atoms with van der Waals surface area (Å²) in [4.78, 5) is 78.7. The first-order chi connectivity index (χ1) is 19.0. The average Bonchev–Trinajstić information content (AvgIpc) is 3.58. The second kappa shape index (κ2) is 15.4. The Kier molecular flexibility index (Phi) is 12.0. The molecule has 0 saturated heterocycles. The number of nitrogens with zero attached hydrogens (tertiary/aromatic N) is 3. The topological polar surface area (TPSA) is 310 Å². The van der Waals surface area contributed by atoms with Crippen LogP contribution in [-0.2, 0) is 36.8 Å². The van der Waals surface area contributed by atoms with Crippen LogP contribution in [0.15, 0.2) is 30.0 Å². The van der Waals surface area contributed by atoms with Gasteiger partial charge in [0.25, 0.3) is 0 Å². The van der Waals surface area contributed by atoms with Crippen molar-refractivity contribution in [2.75, 3.05) is 6.54 Å². The van der Waals surface area contributed by atoms with Gasteiger partial charge in [-0.3, -0.25) is 24.2 Å².